The fourth-order valence-corrected chi connectivity index (χ4v) is 6.50. The second-order valence-corrected chi connectivity index (χ2v) is 13.3. The van der Waals surface area contributed by atoms with Gasteiger partial charge in [0, 0.05) is 0 Å². The van der Waals surface area contributed by atoms with Gasteiger partial charge >= 0.3 is 20.0 Å². The van der Waals surface area contributed by atoms with Crippen LogP contribution in [0.15, 0.2) is 0 Å². The molecule has 0 aliphatic heterocycles. The predicted molar refractivity (Wildman–Crippen MR) is 150 cm³/mol. The minimum Gasteiger partial charge on any atom is -0.474 e. The second-order valence-electron chi connectivity index (χ2n) is 10.0. The molecule has 0 amide bonds. The van der Waals surface area contributed by atoms with Gasteiger partial charge in [-0.25, -0.2) is 13.2 Å². The first-order valence-electron chi connectivity index (χ1n) is 14.5. The Morgan fingerprint density at radius 1 is 0.811 bits per heavy atom. The topological polar surface area (TPSA) is 127 Å². The van der Waals surface area contributed by atoms with Gasteiger partial charge in [0.2, 0.25) is 0 Å². The van der Waals surface area contributed by atoms with Crippen LogP contribution in [0, 0.1) is 0 Å². The number of ether oxygens (including phenoxy) is 2. The normalized spacial score (nSPS) is 15.5. The Kier molecular flexibility index (Phi) is 21.9. The number of carboxylic acids is 1. The molecular formula is C27H54O8PS+. The van der Waals surface area contributed by atoms with Gasteiger partial charge in [0.25, 0.3) is 0 Å². The number of aliphatic hydroxyl groups is 1. The van der Waals surface area contributed by atoms with Gasteiger partial charge < -0.3 is 14.9 Å². The Labute approximate surface area is 227 Å². The maximum atomic E-state index is 13.2. The van der Waals surface area contributed by atoms with Crippen LogP contribution >= 0.6 is 8.46 Å². The lowest BCUT2D eigenvalue weighted by molar-refractivity contribution is -0.252. The van der Waals surface area contributed by atoms with Crippen molar-refractivity contribution < 1.29 is 37.5 Å². The zero-order chi connectivity index (χ0) is 28.0. The van der Waals surface area contributed by atoms with Crippen molar-refractivity contribution in [2.75, 3.05) is 12.4 Å². The van der Waals surface area contributed by atoms with E-state index in [1.54, 1.807) is 6.92 Å². The number of hydrogen-bond donors (Lipinski definition) is 2. The average Bonchev–Trinajstić information content (AvgIpc) is 2.87. The first-order chi connectivity index (χ1) is 17.7. The van der Waals surface area contributed by atoms with Gasteiger partial charge in [-0.2, -0.15) is 0 Å². The van der Waals surface area contributed by atoms with E-state index in [4.69, 9.17) is 14.6 Å². The van der Waals surface area contributed by atoms with Crippen LogP contribution in [0.2, 0.25) is 0 Å². The minimum absolute atomic E-state index is 0.0493. The van der Waals surface area contributed by atoms with Crippen LogP contribution in [0.1, 0.15) is 136 Å². The van der Waals surface area contributed by atoms with Crippen molar-refractivity contribution in [3.8, 4) is 0 Å². The maximum Gasteiger partial charge on any atom is 0.472 e. The number of aliphatic carboxylic acids is 1. The van der Waals surface area contributed by atoms with Gasteiger partial charge in [-0.15, -0.1) is 0 Å². The highest BCUT2D eigenvalue weighted by atomic mass is 32.2. The number of rotatable bonds is 27. The number of sulfone groups is 1. The molecular weight excluding hydrogens is 515 g/mol. The third-order valence-electron chi connectivity index (χ3n) is 6.73. The summed E-state index contributed by atoms with van der Waals surface area (Å²) in [5.74, 6) is -1.58. The van der Waals surface area contributed by atoms with Crippen LogP contribution in [-0.4, -0.2) is 54.0 Å². The van der Waals surface area contributed by atoms with Gasteiger partial charge in [0.1, 0.15) is 0 Å². The van der Waals surface area contributed by atoms with E-state index in [0.29, 0.717) is 12.8 Å². The van der Waals surface area contributed by atoms with Gasteiger partial charge in [0.15, 0.2) is 16.1 Å². The monoisotopic (exact) mass is 569 g/mol. The Bertz CT molecular complexity index is 688. The van der Waals surface area contributed by atoms with Gasteiger partial charge in [0.05, 0.1) is 17.6 Å². The summed E-state index contributed by atoms with van der Waals surface area (Å²) in [4.78, 5) is 11.2. The molecule has 0 saturated carbocycles. The summed E-state index contributed by atoms with van der Waals surface area (Å²) < 4.78 is 48.1. The van der Waals surface area contributed by atoms with Crippen molar-refractivity contribution >= 4 is 24.3 Å². The molecule has 0 spiro atoms. The van der Waals surface area contributed by atoms with Gasteiger partial charge in [-0.1, -0.05) is 115 Å². The lowest BCUT2D eigenvalue weighted by atomic mass is 10.1. The first kappa shape index (κ1) is 36.4. The molecule has 0 rings (SSSR count). The summed E-state index contributed by atoms with van der Waals surface area (Å²) in [5.41, 5.74) is -2.83. The van der Waals surface area contributed by atoms with Gasteiger partial charge in [-0.3, -0.25) is 4.74 Å². The summed E-state index contributed by atoms with van der Waals surface area (Å²) >= 11 is 0. The van der Waals surface area contributed by atoms with E-state index >= 15 is 0 Å². The van der Waals surface area contributed by atoms with E-state index in [2.05, 4.69) is 13.8 Å². The lowest BCUT2D eigenvalue weighted by Gasteiger charge is -2.22. The molecule has 2 N–H and O–H groups in total. The van der Waals surface area contributed by atoms with Gasteiger partial charge in [-0.05, 0) is 25.7 Å². The van der Waals surface area contributed by atoms with Crippen LogP contribution in [-0.2, 0) is 28.7 Å². The Hall–Kier alpha value is -0.600. The molecule has 37 heavy (non-hydrogen) atoms. The molecule has 0 bridgehead atoms. The molecule has 4 unspecified atom stereocenters. The number of unbranched alkanes of at least 4 members (excludes halogenated alkanes) is 13. The molecule has 0 heterocycles. The molecule has 0 aromatic rings. The van der Waals surface area contributed by atoms with E-state index in [1.807, 2.05) is 0 Å². The van der Waals surface area contributed by atoms with Crippen molar-refractivity contribution in [1.82, 2.24) is 0 Å². The molecule has 10 heteroatoms. The third kappa shape index (κ3) is 17.6. The number of hydrogen-bond acceptors (Lipinski definition) is 7. The van der Waals surface area contributed by atoms with Crippen LogP contribution in [0.25, 0.3) is 0 Å². The van der Waals surface area contributed by atoms with Crippen molar-refractivity contribution in [3.05, 3.63) is 0 Å². The van der Waals surface area contributed by atoms with Crippen molar-refractivity contribution in [3.63, 3.8) is 0 Å². The van der Waals surface area contributed by atoms with E-state index in [-0.39, 0.29) is 25.2 Å². The highest BCUT2D eigenvalue weighted by Gasteiger charge is 2.50. The fourth-order valence-electron chi connectivity index (χ4n) is 4.31. The van der Waals surface area contributed by atoms with Crippen LogP contribution < -0.4 is 0 Å². The summed E-state index contributed by atoms with van der Waals surface area (Å²) in [6, 6.07) is 0. The highest BCUT2D eigenvalue weighted by molar-refractivity contribution is 7.92. The average molecular weight is 570 g/mol. The second kappa shape index (κ2) is 22.2. The molecule has 0 aromatic carbocycles. The van der Waals surface area contributed by atoms with Crippen molar-refractivity contribution in [1.29, 1.82) is 0 Å². The SMILES string of the molecule is CCCCCCCCCCCS(=O)(=O)C(CCCCCCCC)CCOC(CC)OC(O)([PH+]=O)C(=O)O. The molecule has 8 nitrogen and oxygen atoms in total. The molecule has 0 radical (unpaired) electrons. The predicted octanol–water partition coefficient (Wildman–Crippen LogP) is 6.97. The summed E-state index contributed by atoms with van der Waals surface area (Å²) in [5, 5.41) is 18.4. The Balaban J connectivity index is 4.77. The van der Waals surface area contributed by atoms with Crippen LogP contribution in [0.3, 0.4) is 0 Å². The fraction of sp³-hybridized carbons (Fsp3) is 0.963. The summed E-state index contributed by atoms with van der Waals surface area (Å²) in [6.45, 7) is 6.09. The van der Waals surface area contributed by atoms with E-state index in [9.17, 15) is 22.9 Å². The smallest absolute Gasteiger partial charge is 0.472 e. The zero-order valence-electron chi connectivity index (χ0n) is 23.5. The minimum atomic E-state index is -3.30. The largest absolute Gasteiger partial charge is 0.474 e. The zero-order valence-corrected chi connectivity index (χ0v) is 25.4. The molecule has 0 saturated heterocycles. The maximum absolute atomic E-state index is 13.2. The van der Waals surface area contributed by atoms with Crippen LogP contribution in [0.5, 0.6) is 0 Å². The highest BCUT2D eigenvalue weighted by Crippen LogP contribution is 2.26. The molecule has 220 valence electrons. The first-order valence-corrected chi connectivity index (χ1v) is 17.1. The lowest BCUT2D eigenvalue weighted by Crippen LogP contribution is -2.40. The number of carbonyl (C=O) groups is 1. The molecule has 0 aliphatic rings. The third-order valence-corrected chi connectivity index (χ3v) is 9.68. The molecule has 0 aromatic heterocycles. The summed E-state index contributed by atoms with van der Waals surface area (Å²) in [7, 11) is -4.92. The van der Waals surface area contributed by atoms with E-state index < -0.39 is 41.3 Å². The van der Waals surface area contributed by atoms with Crippen molar-refractivity contribution in [2.24, 2.45) is 0 Å². The Morgan fingerprint density at radius 3 is 1.76 bits per heavy atom. The summed E-state index contributed by atoms with van der Waals surface area (Å²) in [6.07, 6.45) is 16.5. The van der Waals surface area contributed by atoms with Crippen LogP contribution in [0.4, 0.5) is 0 Å². The quantitative estimate of drug-likeness (QED) is 0.0617. The standard InChI is InChI=1S/C27H53O8PS/c1-4-7-9-11-13-14-15-17-19-23-37(32,33)24(20-18-16-12-10-8-5-2)21-22-34-25(6-3)35-27(30,36-31)26(28)29/h24-25,30H,4-23H2,1-3H3,(H,28,29)/p+1. The van der Waals surface area contributed by atoms with E-state index in [0.717, 1.165) is 51.4 Å². The molecule has 4 atom stereocenters. The number of carboxylic acid groups (broad SMARTS) is 1. The van der Waals surface area contributed by atoms with E-state index in [1.165, 1.54) is 38.5 Å². The Morgan fingerprint density at radius 2 is 1.30 bits per heavy atom. The molecule has 0 fully saturated rings. The molecule has 0 aliphatic carbocycles. The van der Waals surface area contributed by atoms with Crippen molar-refractivity contribution in [2.45, 2.75) is 153 Å².